The number of carbonyl (C=O) groups excluding carboxylic acids is 1. The highest BCUT2D eigenvalue weighted by atomic mass is 16.5. The summed E-state index contributed by atoms with van der Waals surface area (Å²) in [6, 6.07) is 5.79. The first-order chi connectivity index (χ1) is 8.05. The number of aliphatic hydroxyl groups is 1. The van der Waals surface area contributed by atoms with Crippen LogP contribution in [0.1, 0.15) is 36.8 Å². The molecule has 0 saturated heterocycles. The van der Waals surface area contributed by atoms with Gasteiger partial charge in [0.1, 0.15) is 11.5 Å². The van der Waals surface area contributed by atoms with E-state index in [1.54, 1.807) is 7.11 Å². The van der Waals surface area contributed by atoms with E-state index in [2.05, 4.69) is 0 Å². The van der Waals surface area contributed by atoms with Crippen LogP contribution in [-0.4, -0.2) is 18.0 Å². The fourth-order valence-corrected chi connectivity index (χ4v) is 2.40. The van der Waals surface area contributed by atoms with Gasteiger partial charge in [0.2, 0.25) is 0 Å². The van der Waals surface area contributed by atoms with Crippen molar-refractivity contribution in [2.24, 2.45) is 0 Å². The molecule has 92 valence electrons. The third-order valence-electron chi connectivity index (χ3n) is 3.49. The molecule has 17 heavy (non-hydrogen) atoms. The van der Waals surface area contributed by atoms with Crippen LogP contribution >= 0.6 is 0 Å². The first-order valence-electron chi connectivity index (χ1n) is 5.94. The summed E-state index contributed by atoms with van der Waals surface area (Å²) in [5.74, 6) is 0.939. The Labute approximate surface area is 101 Å². The monoisotopic (exact) mass is 234 g/mol. The molecule has 0 spiro atoms. The van der Waals surface area contributed by atoms with Crippen molar-refractivity contribution in [1.82, 2.24) is 0 Å². The lowest BCUT2D eigenvalue weighted by Crippen LogP contribution is -2.32. The van der Waals surface area contributed by atoms with Gasteiger partial charge in [0.05, 0.1) is 12.7 Å². The maximum absolute atomic E-state index is 11.3. The minimum Gasteiger partial charge on any atom is -0.496 e. The van der Waals surface area contributed by atoms with E-state index in [4.69, 9.17) is 4.74 Å². The standard InChI is InChI=1S/C14H18O3/c1-10-3-4-13(17-2)12(9-10)14(16)7-5-11(15)6-8-14/h3-4,9,16H,5-8H2,1-2H3. The van der Waals surface area contributed by atoms with Crippen molar-refractivity contribution in [3.8, 4) is 5.75 Å². The molecule has 0 bridgehead atoms. The van der Waals surface area contributed by atoms with Gasteiger partial charge in [-0.2, -0.15) is 0 Å². The molecule has 0 unspecified atom stereocenters. The second kappa shape index (κ2) is 4.49. The average molecular weight is 234 g/mol. The number of carbonyl (C=O) groups is 1. The highest BCUT2D eigenvalue weighted by Crippen LogP contribution is 2.40. The molecule has 1 fully saturated rings. The van der Waals surface area contributed by atoms with E-state index in [-0.39, 0.29) is 5.78 Å². The molecule has 0 radical (unpaired) electrons. The molecule has 1 aliphatic carbocycles. The maximum atomic E-state index is 11.3. The Hall–Kier alpha value is -1.35. The van der Waals surface area contributed by atoms with Gasteiger partial charge in [0.15, 0.2) is 0 Å². The van der Waals surface area contributed by atoms with Crippen molar-refractivity contribution in [2.45, 2.75) is 38.2 Å². The smallest absolute Gasteiger partial charge is 0.133 e. The number of ether oxygens (including phenoxy) is 1. The highest BCUT2D eigenvalue weighted by molar-refractivity contribution is 5.79. The van der Waals surface area contributed by atoms with Crippen LogP contribution < -0.4 is 4.74 Å². The molecule has 1 N–H and O–H groups in total. The van der Waals surface area contributed by atoms with Crippen molar-refractivity contribution >= 4 is 5.78 Å². The van der Waals surface area contributed by atoms with Gasteiger partial charge in [0, 0.05) is 18.4 Å². The van der Waals surface area contributed by atoms with E-state index in [0.29, 0.717) is 31.4 Å². The van der Waals surface area contributed by atoms with Gasteiger partial charge in [-0.1, -0.05) is 11.6 Å². The Morgan fingerprint density at radius 3 is 2.53 bits per heavy atom. The van der Waals surface area contributed by atoms with Crippen molar-refractivity contribution in [1.29, 1.82) is 0 Å². The Morgan fingerprint density at radius 2 is 1.94 bits per heavy atom. The van der Waals surface area contributed by atoms with E-state index in [1.807, 2.05) is 25.1 Å². The Bertz CT molecular complexity index is 427. The second-order valence-corrected chi connectivity index (χ2v) is 4.77. The third kappa shape index (κ3) is 2.34. The average Bonchev–Trinajstić information content (AvgIpc) is 2.33. The number of ketones is 1. The van der Waals surface area contributed by atoms with Crippen LogP contribution in [0.25, 0.3) is 0 Å². The number of rotatable bonds is 2. The minimum absolute atomic E-state index is 0.237. The summed E-state index contributed by atoms with van der Waals surface area (Å²) in [5.41, 5.74) is 0.990. The van der Waals surface area contributed by atoms with Gasteiger partial charge in [-0.05, 0) is 31.9 Å². The van der Waals surface area contributed by atoms with Crippen molar-refractivity contribution in [2.75, 3.05) is 7.11 Å². The number of hydrogen-bond donors (Lipinski definition) is 1. The van der Waals surface area contributed by atoms with E-state index in [9.17, 15) is 9.90 Å². The Balaban J connectivity index is 2.38. The van der Waals surface area contributed by atoms with Crippen LogP contribution in [0.5, 0.6) is 5.75 Å². The molecule has 1 aromatic carbocycles. The van der Waals surface area contributed by atoms with Crippen molar-refractivity contribution in [3.05, 3.63) is 29.3 Å². The number of hydrogen-bond acceptors (Lipinski definition) is 3. The second-order valence-electron chi connectivity index (χ2n) is 4.77. The minimum atomic E-state index is -0.911. The summed E-state index contributed by atoms with van der Waals surface area (Å²) in [7, 11) is 1.60. The summed E-state index contributed by atoms with van der Waals surface area (Å²) >= 11 is 0. The van der Waals surface area contributed by atoms with E-state index in [0.717, 1.165) is 11.1 Å². The first kappa shape index (κ1) is 12.1. The molecule has 0 aliphatic heterocycles. The molecular weight excluding hydrogens is 216 g/mol. The van der Waals surface area contributed by atoms with Crippen molar-refractivity contribution < 1.29 is 14.6 Å². The summed E-state index contributed by atoms with van der Waals surface area (Å²) in [4.78, 5) is 11.3. The van der Waals surface area contributed by atoms with E-state index in [1.165, 1.54) is 0 Å². The van der Waals surface area contributed by atoms with Gasteiger partial charge in [-0.25, -0.2) is 0 Å². The zero-order chi connectivity index (χ0) is 12.5. The largest absolute Gasteiger partial charge is 0.496 e. The van der Waals surface area contributed by atoms with Gasteiger partial charge in [-0.3, -0.25) is 4.79 Å². The van der Waals surface area contributed by atoms with Gasteiger partial charge >= 0.3 is 0 Å². The number of Topliss-reactive ketones (excluding diaryl/α,β-unsaturated/α-hetero) is 1. The summed E-state index contributed by atoms with van der Waals surface area (Å²) < 4.78 is 5.30. The summed E-state index contributed by atoms with van der Waals surface area (Å²) in [6.45, 7) is 1.99. The maximum Gasteiger partial charge on any atom is 0.133 e. The normalized spacial score (nSPS) is 19.1. The topological polar surface area (TPSA) is 46.5 Å². The highest BCUT2D eigenvalue weighted by Gasteiger charge is 2.36. The SMILES string of the molecule is COc1ccc(C)cc1C1(O)CCC(=O)CC1. The fraction of sp³-hybridized carbons (Fsp3) is 0.500. The van der Waals surface area contributed by atoms with Crippen LogP contribution in [0.4, 0.5) is 0 Å². The van der Waals surface area contributed by atoms with Crippen molar-refractivity contribution in [3.63, 3.8) is 0 Å². The number of benzene rings is 1. The predicted octanol–water partition coefficient (Wildman–Crippen LogP) is 2.33. The molecule has 3 heteroatoms. The molecule has 1 aliphatic rings. The van der Waals surface area contributed by atoms with Crippen LogP contribution in [-0.2, 0) is 10.4 Å². The molecule has 0 amide bonds. The molecule has 3 nitrogen and oxygen atoms in total. The van der Waals surface area contributed by atoms with E-state index >= 15 is 0 Å². The zero-order valence-electron chi connectivity index (χ0n) is 10.3. The number of aryl methyl sites for hydroxylation is 1. The molecule has 0 atom stereocenters. The van der Waals surface area contributed by atoms with Gasteiger partial charge < -0.3 is 9.84 Å². The molecular formula is C14H18O3. The molecule has 0 aromatic heterocycles. The van der Waals surface area contributed by atoms with Crippen LogP contribution in [0.3, 0.4) is 0 Å². The fourth-order valence-electron chi connectivity index (χ4n) is 2.40. The van der Waals surface area contributed by atoms with Gasteiger partial charge in [-0.15, -0.1) is 0 Å². The van der Waals surface area contributed by atoms with E-state index < -0.39 is 5.60 Å². The van der Waals surface area contributed by atoms with Crippen LogP contribution in [0.2, 0.25) is 0 Å². The summed E-state index contributed by atoms with van der Waals surface area (Å²) in [5, 5.41) is 10.7. The molecule has 0 heterocycles. The van der Waals surface area contributed by atoms with Crippen LogP contribution in [0, 0.1) is 6.92 Å². The third-order valence-corrected chi connectivity index (χ3v) is 3.49. The molecule has 1 saturated carbocycles. The Morgan fingerprint density at radius 1 is 1.29 bits per heavy atom. The lowest BCUT2D eigenvalue weighted by atomic mass is 9.78. The number of methoxy groups -OCH3 is 1. The first-order valence-corrected chi connectivity index (χ1v) is 5.94. The molecule has 1 aromatic rings. The van der Waals surface area contributed by atoms with Gasteiger partial charge in [0.25, 0.3) is 0 Å². The predicted molar refractivity (Wildman–Crippen MR) is 65.1 cm³/mol. The zero-order valence-corrected chi connectivity index (χ0v) is 10.3. The lowest BCUT2D eigenvalue weighted by Gasteiger charge is -2.33. The Kier molecular flexibility index (Phi) is 3.20. The molecule has 2 rings (SSSR count). The quantitative estimate of drug-likeness (QED) is 0.854. The lowest BCUT2D eigenvalue weighted by molar-refractivity contribution is -0.125. The summed E-state index contributed by atoms with van der Waals surface area (Å²) in [6.07, 6.45) is 1.89. The van der Waals surface area contributed by atoms with Crippen LogP contribution in [0.15, 0.2) is 18.2 Å².